The van der Waals surface area contributed by atoms with Gasteiger partial charge in [0.15, 0.2) is 0 Å². The molecule has 1 fully saturated rings. The first-order valence-corrected chi connectivity index (χ1v) is 6.16. The lowest BCUT2D eigenvalue weighted by molar-refractivity contribution is 0.0276. The van der Waals surface area contributed by atoms with Gasteiger partial charge in [-0.3, -0.25) is 0 Å². The Hall–Kier alpha value is -1.33. The maximum absolute atomic E-state index is 11.3. The Morgan fingerprint density at radius 3 is 2.83 bits per heavy atom. The van der Waals surface area contributed by atoms with Gasteiger partial charge in [-0.15, -0.1) is 0 Å². The minimum absolute atomic E-state index is 0.0339. The normalized spacial score (nSPS) is 25.1. The van der Waals surface area contributed by atoms with E-state index in [2.05, 4.69) is 17.0 Å². The first kappa shape index (κ1) is 13.1. The lowest BCUT2D eigenvalue weighted by Gasteiger charge is -2.21. The summed E-state index contributed by atoms with van der Waals surface area (Å²) in [4.78, 5) is 11.3. The molecular formula is C13H19NO4. The van der Waals surface area contributed by atoms with Crippen LogP contribution in [0.3, 0.4) is 0 Å². The number of rotatable bonds is 4. The summed E-state index contributed by atoms with van der Waals surface area (Å²) in [5.74, 6) is 0.465. The largest absolute Gasteiger partial charge is 0.463 e. The Kier molecular flexibility index (Phi) is 4.04. The molecule has 1 saturated heterocycles. The van der Waals surface area contributed by atoms with E-state index in [9.17, 15) is 4.79 Å². The first-order valence-electron chi connectivity index (χ1n) is 6.16. The van der Waals surface area contributed by atoms with Crippen LogP contribution in [0.4, 0.5) is 0 Å². The van der Waals surface area contributed by atoms with Gasteiger partial charge in [0.05, 0.1) is 25.4 Å². The van der Waals surface area contributed by atoms with Crippen molar-refractivity contribution < 1.29 is 18.7 Å². The molecule has 0 amide bonds. The van der Waals surface area contributed by atoms with Crippen LogP contribution < -0.4 is 5.32 Å². The monoisotopic (exact) mass is 253 g/mol. The maximum Gasteiger partial charge on any atom is 0.373 e. The summed E-state index contributed by atoms with van der Waals surface area (Å²) in [6.45, 7) is 2.06. The van der Waals surface area contributed by atoms with Gasteiger partial charge in [0.1, 0.15) is 5.76 Å². The fraction of sp³-hybridized carbons (Fsp3) is 0.615. The number of furan rings is 1. The van der Waals surface area contributed by atoms with E-state index in [-0.39, 0.29) is 24.0 Å². The Balaban J connectivity index is 2.12. The molecule has 0 aliphatic carbocycles. The van der Waals surface area contributed by atoms with E-state index in [4.69, 9.17) is 9.15 Å². The van der Waals surface area contributed by atoms with Crippen molar-refractivity contribution in [1.82, 2.24) is 5.32 Å². The molecule has 2 heterocycles. The zero-order chi connectivity index (χ0) is 13.1. The van der Waals surface area contributed by atoms with Crippen LogP contribution in [0, 0.1) is 0 Å². The van der Waals surface area contributed by atoms with E-state index < -0.39 is 5.97 Å². The van der Waals surface area contributed by atoms with Crippen molar-refractivity contribution in [1.29, 1.82) is 0 Å². The smallest absolute Gasteiger partial charge is 0.373 e. The molecule has 1 aliphatic heterocycles. The minimum Gasteiger partial charge on any atom is -0.463 e. The summed E-state index contributed by atoms with van der Waals surface area (Å²) >= 11 is 0. The Morgan fingerprint density at radius 2 is 2.28 bits per heavy atom. The Bertz CT molecular complexity index is 415. The molecule has 5 nitrogen and oxygen atoms in total. The summed E-state index contributed by atoms with van der Waals surface area (Å²) in [6.07, 6.45) is 2.40. The summed E-state index contributed by atoms with van der Waals surface area (Å²) in [6, 6.07) is 3.39. The van der Waals surface area contributed by atoms with Crippen LogP contribution in [-0.4, -0.2) is 32.3 Å². The molecule has 100 valence electrons. The van der Waals surface area contributed by atoms with Gasteiger partial charge in [0.2, 0.25) is 5.76 Å². The molecule has 3 unspecified atom stereocenters. The molecule has 0 saturated carbocycles. The van der Waals surface area contributed by atoms with Gasteiger partial charge in [-0.25, -0.2) is 4.79 Å². The summed E-state index contributed by atoms with van der Waals surface area (Å²) in [5, 5.41) is 3.18. The van der Waals surface area contributed by atoms with Crippen LogP contribution in [0.25, 0.3) is 0 Å². The molecule has 0 radical (unpaired) electrons. The van der Waals surface area contributed by atoms with E-state index >= 15 is 0 Å². The molecule has 2 rings (SSSR count). The highest BCUT2D eigenvalue weighted by Crippen LogP contribution is 2.30. The zero-order valence-corrected chi connectivity index (χ0v) is 10.9. The number of hydrogen-bond acceptors (Lipinski definition) is 5. The number of nitrogens with one attached hydrogen (secondary N) is 1. The van der Waals surface area contributed by atoms with E-state index in [0.29, 0.717) is 5.76 Å². The number of carbonyl (C=O) groups is 1. The molecule has 18 heavy (non-hydrogen) atoms. The quantitative estimate of drug-likeness (QED) is 0.830. The van der Waals surface area contributed by atoms with Crippen molar-refractivity contribution in [2.24, 2.45) is 0 Å². The molecule has 5 heteroatoms. The third-order valence-electron chi connectivity index (χ3n) is 3.27. The third kappa shape index (κ3) is 2.57. The van der Waals surface area contributed by atoms with Crippen molar-refractivity contribution in [3.8, 4) is 0 Å². The van der Waals surface area contributed by atoms with Gasteiger partial charge in [-0.2, -0.15) is 0 Å². The number of ether oxygens (including phenoxy) is 2. The second kappa shape index (κ2) is 5.54. The van der Waals surface area contributed by atoms with Crippen LogP contribution in [0.2, 0.25) is 0 Å². The van der Waals surface area contributed by atoms with Gasteiger partial charge in [0, 0.05) is 0 Å². The third-order valence-corrected chi connectivity index (χ3v) is 3.27. The average Bonchev–Trinajstić information content (AvgIpc) is 2.99. The van der Waals surface area contributed by atoms with Crippen molar-refractivity contribution in [3.63, 3.8) is 0 Å². The lowest BCUT2D eigenvalue weighted by Crippen LogP contribution is -2.29. The van der Waals surface area contributed by atoms with E-state index in [1.807, 2.05) is 7.05 Å². The minimum atomic E-state index is -0.461. The van der Waals surface area contributed by atoms with E-state index in [1.54, 1.807) is 12.1 Å². The van der Waals surface area contributed by atoms with Gasteiger partial charge < -0.3 is 19.2 Å². The number of likely N-dealkylation sites (N-methyl/N-ethyl adjacent to an activating group) is 1. The van der Waals surface area contributed by atoms with E-state index in [0.717, 1.165) is 12.8 Å². The summed E-state index contributed by atoms with van der Waals surface area (Å²) in [7, 11) is 3.19. The molecule has 3 atom stereocenters. The first-order chi connectivity index (χ1) is 8.65. The van der Waals surface area contributed by atoms with Crippen LogP contribution >= 0.6 is 0 Å². The van der Waals surface area contributed by atoms with Crippen molar-refractivity contribution >= 4 is 5.97 Å². The fourth-order valence-electron chi connectivity index (χ4n) is 2.32. The molecule has 0 spiro atoms. The second-order valence-corrected chi connectivity index (χ2v) is 4.52. The molecule has 1 N–H and O–H groups in total. The molecule has 0 bridgehead atoms. The zero-order valence-electron chi connectivity index (χ0n) is 10.9. The number of esters is 1. The molecule has 0 aromatic carbocycles. The number of hydrogen-bond donors (Lipinski definition) is 1. The van der Waals surface area contributed by atoms with Crippen molar-refractivity contribution in [2.75, 3.05) is 14.2 Å². The second-order valence-electron chi connectivity index (χ2n) is 4.52. The van der Waals surface area contributed by atoms with Gasteiger partial charge in [0.25, 0.3) is 0 Å². The van der Waals surface area contributed by atoms with Crippen LogP contribution in [0.1, 0.15) is 42.1 Å². The fourth-order valence-corrected chi connectivity index (χ4v) is 2.32. The molecule has 1 aromatic rings. The summed E-state index contributed by atoms with van der Waals surface area (Å²) in [5.41, 5.74) is 0. The molecule has 1 aliphatic rings. The van der Waals surface area contributed by atoms with Gasteiger partial charge in [-0.1, -0.05) is 0 Å². The SMILES string of the molecule is CNC(c1ccc(C(=O)OC)o1)C1CCC(C)O1. The predicted octanol–water partition coefficient (Wildman–Crippen LogP) is 1.89. The number of carbonyl (C=O) groups excluding carboxylic acids is 1. The highest BCUT2D eigenvalue weighted by Gasteiger charge is 2.32. The maximum atomic E-state index is 11.3. The number of methoxy groups -OCH3 is 1. The molecule has 1 aromatic heterocycles. The molecular weight excluding hydrogens is 234 g/mol. The highest BCUT2D eigenvalue weighted by atomic mass is 16.5. The predicted molar refractivity (Wildman–Crippen MR) is 65.4 cm³/mol. The van der Waals surface area contributed by atoms with Crippen molar-refractivity contribution in [3.05, 3.63) is 23.7 Å². The lowest BCUT2D eigenvalue weighted by atomic mass is 10.1. The van der Waals surface area contributed by atoms with E-state index in [1.165, 1.54) is 7.11 Å². The van der Waals surface area contributed by atoms with Crippen LogP contribution in [0.15, 0.2) is 16.5 Å². The Morgan fingerprint density at radius 1 is 1.50 bits per heavy atom. The van der Waals surface area contributed by atoms with Gasteiger partial charge in [-0.05, 0) is 38.9 Å². The van der Waals surface area contributed by atoms with Gasteiger partial charge >= 0.3 is 5.97 Å². The Labute approximate surface area is 106 Å². The van der Waals surface area contributed by atoms with Crippen LogP contribution in [0.5, 0.6) is 0 Å². The highest BCUT2D eigenvalue weighted by molar-refractivity contribution is 5.86. The topological polar surface area (TPSA) is 60.7 Å². The summed E-state index contributed by atoms with van der Waals surface area (Å²) < 4.78 is 16.0. The van der Waals surface area contributed by atoms with Crippen molar-refractivity contribution in [2.45, 2.75) is 38.0 Å². The standard InChI is InChI=1S/C13H19NO4/c1-8-4-5-9(17-8)12(14-2)10-6-7-11(18-10)13(15)16-3/h6-9,12,14H,4-5H2,1-3H3. The average molecular weight is 253 g/mol. The van der Waals surface area contributed by atoms with Crippen LogP contribution in [-0.2, 0) is 9.47 Å².